The molecule has 0 saturated heterocycles. The average Bonchev–Trinajstić information content (AvgIpc) is 2.35. The van der Waals surface area contributed by atoms with Crippen LogP contribution in [-0.4, -0.2) is 47.8 Å². The van der Waals surface area contributed by atoms with Gasteiger partial charge in [0, 0.05) is 17.6 Å². The third-order valence-electron chi connectivity index (χ3n) is 4.40. The molecule has 0 heterocycles. The Kier molecular flexibility index (Phi) is 6.78. The standard InChI is InChI=1S/C16H34N2O/c1-13(2)8-10-18(5)15-7-6-9-16(11-15,12-19)17-14(3)4/h13-15,17,19H,6-12H2,1-5H3. The van der Waals surface area contributed by atoms with Gasteiger partial charge in [0.15, 0.2) is 0 Å². The summed E-state index contributed by atoms with van der Waals surface area (Å²) in [7, 11) is 2.25. The minimum atomic E-state index is -0.0524. The lowest BCUT2D eigenvalue weighted by Gasteiger charge is -2.44. The highest BCUT2D eigenvalue weighted by atomic mass is 16.3. The summed E-state index contributed by atoms with van der Waals surface area (Å²) in [4.78, 5) is 2.51. The number of hydrogen-bond donors (Lipinski definition) is 2. The molecule has 0 bridgehead atoms. The first kappa shape index (κ1) is 16.9. The zero-order chi connectivity index (χ0) is 14.5. The van der Waals surface area contributed by atoms with Gasteiger partial charge in [-0.3, -0.25) is 0 Å². The van der Waals surface area contributed by atoms with E-state index in [2.05, 4.69) is 45.0 Å². The molecule has 1 rings (SSSR count). The Morgan fingerprint density at radius 3 is 2.53 bits per heavy atom. The minimum absolute atomic E-state index is 0.0524. The van der Waals surface area contributed by atoms with E-state index in [0.29, 0.717) is 12.1 Å². The van der Waals surface area contributed by atoms with E-state index in [0.717, 1.165) is 18.8 Å². The molecule has 19 heavy (non-hydrogen) atoms. The first-order chi connectivity index (χ1) is 8.88. The molecule has 0 aromatic heterocycles. The average molecular weight is 270 g/mol. The van der Waals surface area contributed by atoms with Crippen LogP contribution in [0.4, 0.5) is 0 Å². The monoisotopic (exact) mass is 270 g/mol. The zero-order valence-electron chi connectivity index (χ0n) is 13.6. The molecule has 0 aromatic rings. The van der Waals surface area contributed by atoms with Crippen LogP contribution in [0.2, 0.25) is 0 Å². The number of rotatable bonds is 7. The minimum Gasteiger partial charge on any atom is -0.394 e. The Balaban J connectivity index is 2.56. The summed E-state index contributed by atoms with van der Waals surface area (Å²) in [6.07, 6.45) is 5.94. The maximum atomic E-state index is 9.83. The van der Waals surface area contributed by atoms with Gasteiger partial charge in [-0.15, -0.1) is 0 Å². The van der Waals surface area contributed by atoms with Crippen LogP contribution in [0, 0.1) is 5.92 Å². The fourth-order valence-electron chi connectivity index (χ4n) is 3.28. The second-order valence-corrected chi connectivity index (χ2v) is 7.15. The summed E-state index contributed by atoms with van der Waals surface area (Å²) in [5.41, 5.74) is -0.0524. The summed E-state index contributed by atoms with van der Waals surface area (Å²) >= 11 is 0. The molecule has 2 unspecified atom stereocenters. The molecule has 114 valence electrons. The van der Waals surface area contributed by atoms with E-state index in [1.807, 2.05) is 0 Å². The van der Waals surface area contributed by atoms with Crippen LogP contribution in [0.15, 0.2) is 0 Å². The van der Waals surface area contributed by atoms with Gasteiger partial charge in [-0.1, -0.05) is 27.7 Å². The van der Waals surface area contributed by atoms with Gasteiger partial charge in [0.1, 0.15) is 0 Å². The van der Waals surface area contributed by atoms with Crippen molar-refractivity contribution >= 4 is 0 Å². The Morgan fingerprint density at radius 2 is 2.00 bits per heavy atom. The number of nitrogens with zero attached hydrogens (tertiary/aromatic N) is 1. The molecule has 0 radical (unpaired) electrons. The lowest BCUT2D eigenvalue weighted by molar-refractivity contribution is 0.0625. The summed E-state index contributed by atoms with van der Waals surface area (Å²) in [5, 5.41) is 13.4. The highest BCUT2D eigenvalue weighted by Gasteiger charge is 2.37. The number of hydrogen-bond acceptors (Lipinski definition) is 3. The quantitative estimate of drug-likeness (QED) is 0.746. The Hall–Kier alpha value is -0.120. The van der Waals surface area contributed by atoms with Crippen molar-refractivity contribution in [1.82, 2.24) is 10.2 Å². The zero-order valence-corrected chi connectivity index (χ0v) is 13.6. The van der Waals surface area contributed by atoms with Crippen LogP contribution in [0.3, 0.4) is 0 Å². The third-order valence-corrected chi connectivity index (χ3v) is 4.40. The summed E-state index contributed by atoms with van der Waals surface area (Å²) in [5.74, 6) is 0.766. The lowest BCUT2D eigenvalue weighted by atomic mass is 9.78. The smallest absolute Gasteiger partial charge is 0.0613 e. The van der Waals surface area contributed by atoms with Crippen molar-refractivity contribution in [3.63, 3.8) is 0 Å². The molecule has 1 saturated carbocycles. The van der Waals surface area contributed by atoms with Crippen LogP contribution in [0.1, 0.15) is 59.8 Å². The molecule has 1 fully saturated rings. The molecule has 0 aromatic carbocycles. The van der Waals surface area contributed by atoms with Crippen LogP contribution in [0.5, 0.6) is 0 Å². The number of aliphatic hydroxyl groups is 1. The second kappa shape index (κ2) is 7.61. The fourth-order valence-corrected chi connectivity index (χ4v) is 3.28. The molecule has 2 N–H and O–H groups in total. The predicted molar refractivity (Wildman–Crippen MR) is 82.4 cm³/mol. The molecule has 3 heteroatoms. The maximum Gasteiger partial charge on any atom is 0.0613 e. The van der Waals surface area contributed by atoms with E-state index in [1.165, 1.54) is 25.8 Å². The van der Waals surface area contributed by atoms with Gasteiger partial charge in [0.25, 0.3) is 0 Å². The van der Waals surface area contributed by atoms with E-state index in [4.69, 9.17) is 0 Å². The topological polar surface area (TPSA) is 35.5 Å². The molecular formula is C16H34N2O. The van der Waals surface area contributed by atoms with Gasteiger partial charge in [-0.2, -0.15) is 0 Å². The summed E-state index contributed by atoms with van der Waals surface area (Å²) in [6, 6.07) is 1.05. The first-order valence-electron chi connectivity index (χ1n) is 7.97. The van der Waals surface area contributed by atoms with Crippen molar-refractivity contribution in [3.05, 3.63) is 0 Å². The molecule has 2 atom stereocenters. The normalized spacial score (nSPS) is 28.6. The Morgan fingerprint density at radius 1 is 1.32 bits per heavy atom. The Bertz CT molecular complexity index is 255. The third kappa shape index (κ3) is 5.41. The van der Waals surface area contributed by atoms with Crippen LogP contribution in [0.25, 0.3) is 0 Å². The SMILES string of the molecule is CC(C)CCN(C)C1CCCC(CO)(NC(C)C)C1. The maximum absolute atomic E-state index is 9.83. The van der Waals surface area contributed by atoms with E-state index in [1.54, 1.807) is 0 Å². The van der Waals surface area contributed by atoms with Crippen molar-refractivity contribution in [1.29, 1.82) is 0 Å². The van der Waals surface area contributed by atoms with Crippen molar-refractivity contribution in [2.75, 3.05) is 20.2 Å². The van der Waals surface area contributed by atoms with Crippen LogP contribution in [-0.2, 0) is 0 Å². The van der Waals surface area contributed by atoms with E-state index >= 15 is 0 Å². The Labute approximate surface area is 119 Å². The molecule has 3 nitrogen and oxygen atoms in total. The largest absolute Gasteiger partial charge is 0.394 e. The van der Waals surface area contributed by atoms with Crippen molar-refractivity contribution < 1.29 is 5.11 Å². The second-order valence-electron chi connectivity index (χ2n) is 7.15. The van der Waals surface area contributed by atoms with Gasteiger partial charge in [-0.05, 0) is 51.6 Å². The van der Waals surface area contributed by atoms with E-state index in [9.17, 15) is 5.11 Å². The molecule has 0 spiro atoms. The number of nitrogens with one attached hydrogen (secondary N) is 1. The van der Waals surface area contributed by atoms with Crippen LogP contribution < -0.4 is 5.32 Å². The predicted octanol–water partition coefficient (Wildman–Crippen LogP) is 2.64. The van der Waals surface area contributed by atoms with Crippen molar-refractivity contribution in [3.8, 4) is 0 Å². The highest BCUT2D eigenvalue weighted by molar-refractivity contribution is 4.96. The van der Waals surface area contributed by atoms with E-state index < -0.39 is 0 Å². The van der Waals surface area contributed by atoms with Gasteiger partial charge >= 0.3 is 0 Å². The van der Waals surface area contributed by atoms with Crippen LogP contribution >= 0.6 is 0 Å². The van der Waals surface area contributed by atoms with Gasteiger partial charge < -0.3 is 15.3 Å². The van der Waals surface area contributed by atoms with Crippen molar-refractivity contribution in [2.45, 2.75) is 77.4 Å². The first-order valence-corrected chi connectivity index (χ1v) is 7.97. The summed E-state index contributed by atoms with van der Waals surface area (Å²) < 4.78 is 0. The molecule has 1 aliphatic rings. The van der Waals surface area contributed by atoms with Gasteiger partial charge in [0.2, 0.25) is 0 Å². The molecule has 0 aliphatic heterocycles. The summed E-state index contributed by atoms with van der Waals surface area (Å²) in [6.45, 7) is 10.3. The molecule has 1 aliphatic carbocycles. The fraction of sp³-hybridized carbons (Fsp3) is 1.00. The van der Waals surface area contributed by atoms with Gasteiger partial charge in [0.05, 0.1) is 6.61 Å². The van der Waals surface area contributed by atoms with Crippen molar-refractivity contribution in [2.24, 2.45) is 5.92 Å². The number of aliphatic hydroxyl groups excluding tert-OH is 1. The highest BCUT2D eigenvalue weighted by Crippen LogP contribution is 2.31. The molecular weight excluding hydrogens is 236 g/mol. The lowest BCUT2D eigenvalue weighted by Crippen LogP contribution is -2.57. The van der Waals surface area contributed by atoms with E-state index in [-0.39, 0.29) is 12.1 Å². The molecule has 0 amide bonds. The van der Waals surface area contributed by atoms with Gasteiger partial charge in [-0.25, -0.2) is 0 Å².